The van der Waals surface area contributed by atoms with Gasteiger partial charge in [-0.15, -0.1) is 0 Å². The number of ketones is 1. The van der Waals surface area contributed by atoms with E-state index >= 15 is 0 Å². The molecule has 1 amide bonds. The van der Waals surface area contributed by atoms with Gasteiger partial charge in [0.05, 0.1) is 18.4 Å². The highest BCUT2D eigenvalue weighted by atomic mass is 35.5. The quantitative estimate of drug-likeness (QED) is 0.0887. The number of nitrogens with one attached hydrogen (secondary N) is 3. The molecule has 0 saturated heterocycles. The van der Waals surface area contributed by atoms with Gasteiger partial charge < -0.3 is 30.4 Å². The number of nitrogens with zero attached hydrogens (tertiary/aromatic N) is 1. The Morgan fingerprint density at radius 2 is 1.90 bits per heavy atom. The number of allylic oxidation sites excluding steroid dienone is 6. The van der Waals surface area contributed by atoms with Gasteiger partial charge in [-0.3, -0.25) is 14.4 Å². The minimum absolute atomic E-state index is 0.118. The molecule has 0 radical (unpaired) electrons. The summed E-state index contributed by atoms with van der Waals surface area (Å²) < 4.78 is 11.6. The number of hydrogen-bond donors (Lipinski definition) is 3. The van der Waals surface area contributed by atoms with Gasteiger partial charge in [-0.05, 0) is 68.8 Å². The van der Waals surface area contributed by atoms with Crippen LogP contribution in [-0.4, -0.2) is 68.0 Å². The van der Waals surface area contributed by atoms with Crippen molar-refractivity contribution in [3.63, 3.8) is 0 Å². The number of carbonyl (C=O) groups excluding carboxylic acids is 3. The molecule has 0 spiro atoms. The lowest BCUT2D eigenvalue weighted by molar-refractivity contribution is -0.125. The second kappa shape index (κ2) is 15.9. The second-order valence-electron chi connectivity index (χ2n) is 10.5. The van der Waals surface area contributed by atoms with Crippen LogP contribution in [0, 0.1) is 5.41 Å². The minimum atomic E-state index is -0.710. The first-order valence-corrected chi connectivity index (χ1v) is 14.0. The number of likely N-dealkylation sites (N-methyl/N-ethyl adjacent to an activating group) is 1. The molecule has 1 aliphatic rings. The third kappa shape index (κ3) is 9.85. The van der Waals surface area contributed by atoms with Crippen molar-refractivity contribution in [3.05, 3.63) is 88.1 Å². The van der Waals surface area contributed by atoms with Crippen LogP contribution >= 0.6 is 11.6 Å². The second-order valence-corrected chi connectivity index (χ2v) is 11.0. The van der Waals surface area contributed by atoms with Crippen LogP contribution in [-0.2, 0) is 19.1 Å². The SMILES string of the molecule is CCC(=O)c1ccc(Cl)cc1C(=C/C=O)/C(=C\N(C)C(CCOC(C)(C)C)C(=O)NC1=C/C(=C/NC)C(=N)C=C1)OC. The summed E-state index contributed by atoms with van der Waals surface area (Å²) in [6, 6.07) is 4.15. The van der Waals surface area contributed by atoms with Gasteiger partial charge in [-0.2, -0.15) is 0 Å². The van der Waals surface area contributed by atoms with Gasteiger partial charge in [-0.1, -0.05) is 18.5 Å². The lowest BCUT2D eigenvalue weighted by atomic mass is 9.94. The number of halogens is 1. The Hall–Kier alpha value is -3.95. The molecule has 0 saturated carbocycles. The van der Waals surface area contributed by atoms with Crippen molar-refractivity contribution in [2.24, 2.45) is 0 Å². The van der Waals surface area contributed by atoms with Gasteiger partial charge in [0.15, 0.2) is 5.78 Å². The molecule has 0 fully saturated rings. The summed E-state index contributed by atoms with van der Waals surface area (Å²) in [7, 11) is 4.91. The van der Waals surface area contributed by atoms with Crippen molar-refractivity contribution in [2.45, 2.75) is 52.2 Å². The summed E-state index contributed by atoms with van der Waals surface area (Å²) in [5.41, 5.74) is 2.28. The first kappa shape index (κ1) is 34.3. The number of methoxy groups -OCH3 is 1. The monoisotopic (exact) mass is 596 g/mol. The van der Waals surface area contributed by atoms with Gasteiger partial charge >= 0.3 is 0 Å². The van der Waals surface area contributed by atoms with Crippen LogP contribution in [0.1, 0.15) is 56.5 Å². The predicted molar refractivity (Wildman–Crippen MR) is 167 cm³/mol. The fraction of sp³-hybridized carbons (Fsp3) is 0.375. The zero-order valence-electron chi connectivity index (χ0n) is 25.3. The number of ether oxygens (including phenoxy) is 2. The first-order chi connectivity index (χ1) is 19.8. The fourth-order valence-corrected chi connectivity index (χ4v) is 4.36. The van der Waals surface area contributed by atoms with Gasteiger partial charge in [0.25, 0.3) is 0 Å². The van der Waals surface area contributed by atoms with Gasteiger partial charge in [-0.25, -0.2) is 0 Å². The van der Waals surface area contributed by atoms with Crippen LogP contribution in [0.25, 0.3) is 5.57 Å². The molecular weight excluding hydrogens is 556 g/mol. The lowest BCUT2D eigenvalue weighted by Gasteiger charge is -2.29. The van der Waals surface area contributed by atoms with Gasteiger partial charge in [0.2, 0.25) is 5.91 Å². The molecule has 10 heteroatoms. The van der Waals surface area contributed by atoms with Crippen LogP contribution in [0.15, 0.2) is 71.9 Å². The van der Waals surface area contributed by atoms with Crippen LogP contribution in [0.3, 0.4) is 0 Å². The van der Waals surface area contributed by atoms with E-state index in [9.17, 15) is 14.4 Å². The smallest absolute Gasteiger partial charge is 0.247 e. The van der Waals surface area contributed by atoms with Crippen molar-refractivity contribution < 1.29 is 23.9 Å². The Kier molecular flexibility index (Phi) is 13.0. The van der Waals surface area contributed by atoms with Crippen molar-refractivity contribution >= 4 is 40.9 Å². The van der Waals surface area contributed by atoms with Crippen LogP contribution in [0.2, 0.25) is 5.02 Å². The van der Waals surface area contributed by atoms with Crippen molar-refractivity contribution in [1.82, 2.24) is 15.5 Å². The van der Waals surface area contributed by atoms with E-state index in [4.69, 9.17) is 26.5 Å². The number of hydrogen-bond acceptors (Lipinski definition) is 8. The Balaban J connectivity index is 2.51. The molecule has 0 heterocycles. The first-order valence-electron chi connectivity index (χ1n) is 13.6. The Morgan fingerprint density at radius 3 is 2.50 bits per heavy atom. The molecule has 1 aromatic rings. The molecule has 1 aliphatic carbocycles. The Morgan fingerprint density at radius 1 is 1.19 bits per heavy atom. The number of amides is 1. The highest BCUT2D eigenvalue weighted by molar-refractivity contribution is 6.31. The van der Waals surface area contributed by atoms with E-state index < -0.39 is 11.6 Å². The van der Waals surface area contributed by atoms with Crippen LogP contribution in [0.4, 0.5) is 0 Å². The molecule has 0 bridgehead atoms. The van der Waals surface area contributed by atoms with Crippen LogP contribution < -0.4 is 10.6 Å². The average Bonchev–Trinajstić information content (AvgIpc) is 2.93. The van der Waals surface area contributed by atoms with Gasteiger partial charge in [0, 0.05) is 73.4 Å². The molecule has 226 valence electrons. The third-order valence-corrected chi connectivity index (χ3v) is 6.51. The van der Waals surface area contributed by atoms with E-state index in [1.807, 2.05) is 20.8 Å². The average molecular weight is 597 g/mol. The fourth-order valence-electron chi connectivity index (χ4n) is 4.19. The van der Waals surface area contributed by atoms with Crippen LogP contribution in [0.5, 0.6) is 0 Å². The molecule has 1 unspecified atom stereocenters. The number of Topliss-reactive ketones (excluding diaryl/α,β-unsaturated/α-hetero) is 1. The summed E-state index contributed by atoms with van der Waals surface area (Å²) in [5.74, 6) is -0.163. The number of rotatable bonds is 14. The summed E-state index contributed by atoms with van der Waals surface area (Å²) >= 11 is 6.28. The third-order valence-electron chi connectivity index (χ3n) is 6.27. The molecule has 3 N–H and O–H groups in total. The Bertz CT molecular complexity index is 1330. The van der Waals surface area contributed by atoms with Crippen molar-refractivity contribution in [2.75, 3.05) is 27.8 Å². The molecular formula is C32H41ClN4O5. The molecule has 1 atom stereocenters. The molecule has 2 rings (SSSR count). The molecule has 9 nitrogen and oxygen atoms in total. The zero-order chi connectivity index (χ0) is 31.4. The molecule has 0 aromatic heterocycles. The standard InChI is InChI=1S/C32H41ClN4O5/c1-8-29(39)24-11-9-22(33)18-26(24)25(13-15-38)30(41-7)20-37(6)28(14-16-42-32(2,3)4)31(40)36-23-10-12-27(34)21(17-23)19-35-5/h9-13,15,17-20,28,34-35H,8,14,16H2,1-7H3,(H,36,40)/b21-19-,25-13-,30-20+,34-27?. The molecule has 0 aliphatic heterocycles. The van der Waals surface area contributed by atoms with E-state index in [1.54, 1.807) is 74.7 Å². The number of aldehydes is 1. The summed E-state index contributed by atoms with van der Waals surface area (Å²) in [6.07, 6.45) is 10.8. The summed E-state index contributed by atoms with van der Waals surface area (Å²) in [4.78, 5) is 39.8. The van der Waals surface area contributed by atoms with E-state index in [-0.39, 0.29) is 23.9 Å². The number of benzene rings is 1. The van der Waals surface area contributed by atoms with Crippen molar-refractivity contribution in [3.8, 4) is 0 Å². The van der Waals surface area contributed by atoms with E-state index in [0.717, 1.165) is 0 Å². The molecule has 42 heavy (non-hydrogen) atoms. The predicted octanol–water partition coefficient (Wildman–Crippen LogP) is 5.20. The lowest BCUT2D eigenvalue weighted by Crippen LogP contribution is -2.44. The van der Waals surface area contributed by atoms with Crippen molar-refractivity contribution in [1.29, 1.82) is 5.41 Å². The molecule has 1 aromatic carbocycles. The minimum Gasteiger partial charge on any atom is -0.495 e. The Labute approximate surface area is 253 Å². The summed E-state index contributed by atoms with van der Waals surface area (Å²) in [6.45, 7) is 7.87. The zero-order valence-corrected chi connectivity index (χ0v) is 26.1. The maximum atomic E-state index is 13.6. The van der Waals surface area contributed by atoms with E-state index in [1.165, 1.54) is 13.2 Å². The largest absolute Gasteiger partial charge is 0.495 e. The normalized spacial score (nSPS) is 15.7. The van der Waals surface area contributed by atoms with E-state index in [0.29, 0.717) is 58.0 Å². The maximum Gasteiger partial charge on any atom is 0.247 e. The highest BCUT2D eigenvalue weighted by Crippen LogP contribution is 2.30. The van der Waals surface area contributed by atoms with Gasteiger partial charge in [0.1, 0.15) is 18.1 Å². The summed E-state index contributed by atoms with van der Waals surface area (Å²) in [5, 5.41) is 14.3. The topological polar surface area (TPSA) is 121 Å². The van der Waals surface area contributed by atoms with E-state index in [2.05, 4.69) is 10.6 Å². The number of carbonyl (C=O) groups is 3. The maximum absolute atomic E-state index is 13.6. The highest BCUT2D eigenvalue weighted by Gasteiger charge is 2.26.